The minimum atomic E-state index is -1.46. The average Bonchev–Trinajstić information content (AvgIpc) is 2.81. The molecule has 0 unspecified atom stereocenters. The first-order valence-corrected chi connectivity index (χ1v) is 5.88. The van der Waals surface area contributed by atoms with Crippen LogP contribution in [-0.4, -0.2) is 9.55 Å². The lowest BCUT2D eigenvalue weighted by molar-refractivity contribution is 0.447. The van der Waals surface area contributed by atoms with Crippen LogP contribution in [0.1, 0.15) is 25.6 Å². The van der Waals surface area contributed by atoms with Gasteiger partial charge >= 0.3 is 0 Å². The average molecular weight is 269 g/mol. The van der Waals surface area contributed by atoms with E-state index < -0.39 is 17.5 Å². The highest BCUT2D eigenvalue weighted by atomic mass is 19.2. The molecule has 0 saturated heterocycles. The molecule has 2 rings (SSSR count). The van der Waals surface area contributed by atoms with E-state index in [1.807, 2.05) is 18.4 Å². The lowest BCUT2D eigenvalue weighted by Crippen LogP contribution is -2.09. The fourth-order valence-corrected chi connectivity index (χ4v) is 1.78. The Hall–Kier alpha value is -1.98. The van der Waals surface area contributed by atoms with E-state index in [1.165, 1.54) is 0 Å². The Kier molecular flexibility index (Phi) is 3.78. The van der Waals surface area contributed by atoms with Crippen molar-refractivity contribution < 1.29 is 13.2 Å². The summed E-state index contributed by atoms with van der Waals surface area (Å²) in [6, 6.07) is 2.09. The van der Waals surface area contributed by atoms with Crippen molar-refractivity contribution in [1.82, 2.24) is 9.55 Å². The van der Waals surface area contributed by atoms with Crippen LogP contribution in [0.5, 0.6) is 0 Å². The molecular formula is C13H14F3N3. The minimum absolute atomic E-state index is 0.188. The molecule has 0 saturated carbocycles. The van der Waals surface area contributed by atoms with Crippen LogP contribution >= 0.6 is 0 Å². The van der Waals surface area contributed by atoms with Crippen LogP contribution in [0.25, 0.3) is 0 Å². The van der Waals surface area contributed by atoms with E-state index >= 15 is 0 Å². The molecule has 0 amide bonds. The van der Waals surface area contributed by atoms with Crippen molar-refractivity contribution in [3.8, 4) is 0 Å². The quantitative estimate of drug-likeness (QED) is 0.861. The number of anilines is 1. The molecule has 3 nitrogen and oxygen atoms in total. The number of halogens is 3. The van der Waals surface area contributed by atoms with Crippen LogP contribution in [-0.2, 0) is 6.54 Å². The zero-order valence-electron chi connectivity index (χ0n) is 10.6. The molecule has 19 heavy (non-hydrogen) atoms. The number of benzene rings is 1. The number of hydrogen-bond acceptors (Lipinski definition) is 2. The van der Waals surface area contributed by atoms with Gasteiger partial charge in [0, 0.05) is 30.1 Å². The Labute approximate surface area is 109 Å². The second-order valence-corrected chi connectivity index (χ2v) is 4.49. The zero-order valence-corrected chi connectivity index (χ0v) is 10.6. The third-order valence-electron chi connectivity index (χ3n) is 2.76. The predicted octanol–water partition coefficient (Wildman–Crippen LogP) is 3.49. The molecule has 2 aromatic rings. The molecule has 0 radical (unpaired) electrons. The van der Waals surface area contributed by atoms with E-state index in [0.717, 1.165) is 17.8 Å². The lowest BCUT2D eigenvalue weighted by Gasteiger charge is -2.13. The molecule has 0 aliphatic carbocycles. The Morgan fingerprint density at radius 2 is 1.84 bits per heavy atom. The van der Waals surface area contributed by atoms with Crippen molar-refractivity contribution in [2.24, 2.45) is 0 Å². The topological polar surface area (TPSA) is 29.9 Å². The van der Waals surface area contributed by atoms with Crippen LogP contribution in [0.4, 0.5) is 18.9 Å². The van der Waals surface area contributed by atoms with Gasteiger partial charge in [-0.25, -0.2) is 18.2 Å². The normalized spacial score (nSPS) is 11.1. The summed E-state index contributed by atoms with van der Waals surface area (Å²) in [5, 5.41) is 2.84. The van der Waals surface area contributed by atoms with Gasteiger partial charge in [-0.15, -0.1) is 0 Å². The number of hydrogen-bond donors (Lipinski definition) is 1. The molecule has 0 aliphatic heterocycles. The molecule has 1 heterocycles. The van der Waals surface area contributed by atoms with Crippen LogP contribution in [0.15, 0.2) is 24.7 Å². The Morgan fingerprint density at radius 1 is 1.21 bits per heavy atom. The molecule has 0 fully saturated rings. The van der Waals surface area contributed by atoms with E-state index in [1.54, 1.807) is 12.5 Å². The van der Waals surface area contributed by atoms with Gasteiger partial charge in [0.25, 0.3) is 0 Å². The van der Waals surface area contributed by atoms with E-state index in [2.05, 4.69) is 10.3 Å². The predicted molar refractivity (Wildman–Crippen MR) is 66.3 cm³/mol. The number of aromatic nitrogens is 2. The molecule has 0 aliphatic rings. The van der Waals surface area contributed by atoms with Gasteiger partial charge < -0.3 is 9.88 Å². The van der Waals surface area contributed by atoms with Crippen LogP contribution < -0.4 is 5.32 Å². The molecule has 6 heteroatoms. The standard InChI is InChI=1S/C13H14F3N3/c1-8(2)19-7-17-5-10(19)6-18-9-3-11(14)13(16)12(15)4-9/h3-5,7-8,18H,6H2,1-2H3. The molecular weight excluding hydrogens is 255 g/mol. The number of nitrogens with one attached hydrogen (secondary N) is 1. The summed E-state index contributed by atoms with van der Waals surface area (Å²) in [5.74, 6) is -3.88. The number of rotatable bonds is 4. The monoisotopic (exact) mass is 269 g/mol. The second kappa shape index (κ2) is 5.34. The van der Waals surface area contributed by atoms with E-state index in [9.17, 15) is 13.2 Å². The van der Waals surface area contributed by atoms with Gasteiger partial charge in [-0.2, -0.15) is 0 Å². The first-order chi connectivity index (χ1) is 8.99. The fraction of sp³-hybridized carbons (Fsp3) is 0.308. The van der Waals surface area contributed by atoms with Gasteiger partial charge in [-0.3, -0.25) is 0 Å². The lowest BCUT2D eigenvalue weighted by atomic mass is 10.2. The Bertz CT molecular complexity index is 555. The van der Waals surface area contributed by atoms with Crippen molar-refractivity contribution in [2.45, 2.75) is 26.4 Å². The van der Waals surface area contributed by atoms with Gasteiger partial charge in [0.2, 0.25) is 0 Å². The van der Waals surface area contributed by atoms with Crippen molar-refractivity contribution in [3.05, 3.63) is 47.8 Å². The van der Waals surface area contributed by atoms with Gasteiger partial charge in [0.05, 0.1) is 18.6 Å². The maximum absolute atomic E-state index is 13.0. The molecule has 0 spiro atoms. The SMILES string of the molecule is CC(C)n1cncc1CNc1cc(F)c(F)c(F)c1. The van der Waals surface area contributed by atoms with Crippen LogP contribution in [0.3, 0.4) is 0 Å². The largest absolute Gasteiger partial charge is 0.379 e. The number of nitrogens with zero attached hydrogens (tertiary/aromatic N) is 2. The summed E-state index contributed by atoms with van der Waals surface area (Å²) in [7, 11) is 0. The molecule has 1 N–H and O–H groups in total. The Balaban J connectivity index is 2.13. The van der Waals surface area contributed by atoms with Gasteiger partial charge in [0.15, 0.2) is 17.5 Å². The minimum Gasteiger partial charge on any atom is -0.379 e. The highest BCUT2D eigenvalue weighted by Gasteiger charge is 2.11. The van der Waals surface area contributed by atoms with E-state index in [-0.39, 0.29) is 11.7 Å². The zero-order chi connectivity index (χ0) is 14.0. The summed E-state index contributed by atoms with van der Waals surface area (Å²) in [5.41, 5.74) is 1.06. The Morgan fingerprint density at radius 3 is 2.42 bits per heavy atom. The van der Waals surface area contributed by atoms with Crippen molar-refractivity contribution >= 4 is 5.69 Å². The van der Waals surface area contributed by atoms with Crippen molar-refractivity contribution in [2.75, 3.05) is 5.32 Å². The third-order valence-corrected chi connectivity index (χ3v) is 2.76. The van der Waals surface area contributed by atoms with Gasteiger partial charge in [-0.05, 0) is 13.8 Å². The maximum atomic E-state index is 13.0. The van der Waals surface area contributed by atoms with Crippen LogP contribution in [0.2, 0.25) is 0 Å². The first kappa shape index (κ1) is 13.5. The summed E-state index contributed by atoms with van der Waals surface area (Å²) in [6.45, 7) is 4.35. The van der Waals surface area contributed by atoms with Crippen LogP contribution in [0, 0.1) is 17.5 Å². The molecule has 0 bridgehead atoms. The van der Waals surface area contributed by atoms with Crippen molar-refractivity contribution in [3.63, 3.8) is 0 Å². The summed E-state index contributed by atoms with van der Waals surface area (Å²) in [4.78, 5) is 4.02. The highest BCUT2D eigenvalue weighted by molar-refractivity contribution is 5.44. The maximum Gasteiger partial charge on any atom is 0.194 e. The van der Waals surface area contributed by atoms with E-state index in [4.69, 9.17) is 0 Å². The highest BCUT2D eigenvalue weighted by Crippen LogP contribution is 2.18. The summed E-state index contributed by atoms with van der Waals surface area (Å²) < 4.78 is 40.8. The molecule has 1 aromatic heterocycles. The second-order valence-electron chi connectivity index (χ2n) is 4.49. The van der Waals surface area contributed by atoms with Gasteiger partial charge in [0.1, 0.15) is 0 Å². The smallest absolute Gasteiger partial charge is 0.194 e. The molecule has 102 valence electrons. The van der Waals surface area contributed by atoms with E-state index in [0.29, 0.717) is 6.54 Å². The molecule has 0 atom stereocenters. The fourth-order valence-electron chi connectivity index (χ4n) is 1.78. The first-order valence-electron chi connectivity index (χ1n) is 5.88. The summed E-state index contributed by atoms with van der Waals surface area (Å²) >= 11 is 0. The molecule has 1 aromatic carbocycles. The third kappa shape index (κ3) is 2.89. The number of imidazole rings is 1. The summed E-state index contributed by atoms with van der Waals surface area (Å²) in [6.07, 6.45) is 3.36. The van der Waals surface area contributed by atoms with Gasteiger partial charge in [-0.1, -0.05) is 0 Å². The van der Waals surface area contributed by atoms with Crippen molar-refractivity contribution in [1.29, 1.82) is 0 Å².